The highest BCUT2D eigenvalue weighted by atomic mass is 15.0. The Morgan fingerprint density at radius 2 is 2.08 bits per heavy atom. The van der Waals surface area contributed by atoms with E-state index >= 15 is 0 Å². The van der Waals surface area contributed by atoms with Crippen molar-refractivity contribution in [2.45, 2.75) is 64.3 Å². The first-order chi connectivity index (χ1) is 5.77. The third kappa shape index (κ3) is 3.14. The molecule has 0 aliphatic carbocycles. The van der Waals surface area contributed by atoms with E-state index in [9.17, 15) is 0 Å². The first-order valence-electron chi connectivity index (χ1n) is 5.52. The molecular formula is C11H23N. The molecule has 1 N–H and O–H groups in total. The fraction of sp³-hybridized carbons (Fsp3) is 1.00. The Kier molecular flexibility index (Phi) is 4.07. The Hall–Kier alpha value is -0.0400. The highest BCUT2D eigenvalue weighted by Gasteiger charge is 2.23. The minimum Gasteiger partial charge on any atom is -0.312 e. The van der Waals surface area contributed by atoms with Gasteiger partial charge in [-0.05, 0) is 32.7 Å². The lowest BCUT2D eigenvalue weighted by Crippen LogP contribution is -2.41. The third-order valence-electron chi connectivity index (χ3n) is 3.04. The zero-order chi connectivity index (χ0) is 8.86. The van der Waals surface area contributed by atoms with E-state index in [-0.39, 0.29) is 0 Å². The predicted molar refractivity (Wildman–Crippen MR) is 54.4 cm³/mol. The average molecular weight is 169 g/mol. The summed E-state index contributed by atoms with van der Waals surface area (Å²) in [6.07, 6.45) is 9.68. The van der Waals surface area contributed by atoms with Crippen LogP contribution in [-0.2, 0) is 0 Å². The van der Waals surface area contributed by atoms with Crippen molar-refractivity contribution in [1.82, 2.24) is 5.32 Å². The van der Waals surface area contributed by atoms with Gasteiger partial charge in [0.05, 0.1) is 0 Å². The van der Waals surface area contributed by atoms with Gasteiger partial charge < -0.3 is 5.32 Å². The first-order valence-corrected chi connectivity index (χ1v) is 5.52. The molecule has 0 aromatic rings. The Bertz CT molecular complexity index is 112. The zero-order valence-electron chi connectivity index (χ0n) is 8.66. The average Bonchev–Trinajstić information content (AvgIpc) is 2.27. The van der Waals surface area contributed by atoms with Crippen LogP contribution in [0.15, 0.2) is 0 Å². The summed E-state index contributed by atoms with van der Waals surface area (Å²) in [4.78, 5) is 0. The van der Waals surface area contributed by atoms with E-state index in [0.717, 1.165) is 0 Å². The largest absolute Gasteiger partial charge is 0.312 e. The lowest BCUT2D eigenvalue weighted by molar-refractivity contribution is 0.315. The minimum absolute atomic E-state index is 0.465. The van der Waals surface area contributed by atoms with Crippen molar-refractivity contribution in [3.8, 4) is 0 Å². The molecule has 1 aliphatic rings. The summed E-state index contributed by atoms with van der Waals surface area (Å²) in [5, 5.41) is 3.69. The maximum atomic E-state index is 3.69. The highest BCUT2D eigenvalue weighted by molar-refractivity contribution is 4.84. The van der Waals surface area contributed by atoms with Crippen molar-refractivity contribution in [1.29, 1.82) is 0 Å². The lowest BCUT2D eigenvalue weighted by atomic mass is 9.90. The van der Waals surface area contributed by atoms with Gasteiger partial charge in [0.25, 0.3) is 0 Å². The second kappa shape index (κ2) is 4.86. The summed E-state index contributed by atoms with van der Waals surface area (Å²) in [5.41, 5.74) is 0.465. The van der Waals surface area contributed by atoms with Gasteiger partial charge in [-0.15, -0.1) is 0 Å². The molecule has 0 aromatic carbocycles. The summed E-state index contributed by atoms with van der Waals surface area (Å²) >= 11 is 0. The molecule has 12 heavy (non-hydrogen) atoms. The first kappa shape index (κ1) is 10.0. The van der Waals surface area contributed by atoms with Gasteiger partial charge in [0.1, 0.15) is 0 Å². The molecule has 1 fully saturated rings. The van der Waals surface area contributed by atoms with Crippen molar-refractivity contribution in [2.24, 2.45) is 0 Å². The molecule has 72 valence electrons. The van der Waals surface area contributed by atoms with Crippen LogP contribution in [0.3, 0.4) is 0 Å². The Morgan fingerprint density at radius 1 is 1.25 bits per heavy atom. The highest BCUT2D eigenvalue weighted by Crippen LogP contribution is 2.23. The number of nitrogens with one attached hydrogen (secondary N) is 1. The quantitative estimate of drug-likeness (QED) is 0.684. The molecule has 1 rings (SSSR count). The number of hydrogen-bond donors (Lipinski definition) is 1. The van der Waals surface area contributed by atoms with Gasteiger partial charge in [-0.25, -0.2) is 0 Å². The molecule has 1 atom stereocenters. The molecule has 1 unspecified atom stereocenters. The zero-order valence-corrected chi connectivity index (χ0v) is 8.66. The maximum Gasteiger partial charge on any atom is 0.0153 e. The maximum absolute atomic E-state index is 3.69. The van der Waals surface area contributed by atoms with Gasteiger partial charge in [0.15, 0.2) is 0 Å². The normalized spacial score (nSPS) is 31.5. The van der Waals surface area contributed by atoms with Gasteiger partial charge in [0.2, 0.25) is 0 Å². The van der Waals surface area contributed by atoms with Gasteiger partial charge >= 0.3 is 0 Å². The second-order valence-corrected chi connectivity index (χ2v) is 4.40. The smallest absolute Gasteiger partial charge is 0.0153 e. The molecule has 0 spiro atoms. The van der Waals surface area contributed by atoms with Crippen LogP contribution in [-0.4, -0.2) is 12.1 Å². The molecule has 1 heterocycles. The van der Waals surface area contributed by atoms with Crippen molar-refractivity contribution in [2.75, 3.05) is 6.54 Å². The van der Waals surface area contributed by atoms with Crippen LogP contribution in [0.2, 0.25) is 0 Å². The number of hydrogen-bond acceptors (Lipinski definition) is 1. The molecule has 0 saturated carbocycles. The van der Waals surface area contributed by atoms with E-state index < -0.39 is 0 Å². The third-order valence-corrected chi connectivity index (χ3v) is 3.04. The van der Waals surface area contributed by atoms with E-state index in [4.69, 9.17) is 0 Å². The van der Waals surface area contributed by atoms with Crippen LogP contribution in [0, 0.1) is 0 Å². The van der Waals surface area contributed by atoms with Crippen LogP contribution < -0.4 is 5.32 Å². The van der Waals surface area contributed by atoms with E-state index in [1.165, 1.54) is 51.5 Å². The van der Waals surface area contributed by atoms with E-state index in [2.05, 4.69) is 19.2 Å². The Labute approximate surface area is 76.9 Å². The summed E-state index contributed by atoms with van der Waals surface area (Å²) in [6, 6.07) is 0. The standard InChI is InChI=1S/C11H23N/c1-3-4-8-11(2)9-6-5-7-10-12-11/h12H,3-10H2,1-2H3. The molecule has 1 nitrogen and oxygen atoms in total. The molecule has 0 bridgehead atoms. The summed E-state index contributed by atoms with van der Waals surface area (Å²) < 4.78 is 0. The fourth-order valence-corrected chi connectivity index (χ4v) is 2.08. The molecule has 1 heteroatoms. The number of rotatable bonds is 3. The minimum atomic E-state index is 0.465. The summed E-state index contributed by atoms with van der Waals surface area (Å²) in [6.45, 7) is 5.91. The van der Waals surface area contributed by atoms with E-state index in [1.54, 1.807) is 0 Å². The van der Waals surface area contributed by atoms with E-state index in [0.29, 0.717) is 5.54 Å². The molecule has 1 saturated heterocycles. The number of unbranched alkanes of at least 4 members (excludes halogenated alkanes) is 1. The lowest BCUT2D eigenvalue weighted by Gasteiger charge is -2.29. The van der Waals surface area contributed by atoms with Gasteiger partial charge in [0, 0.05) is 5.54 Å². The van der Waals surface area contributed by atoms with Crippen molar-refractivity contribution >= 4 is 0 Å². The topological polar surface area (TPSA) is 12.0 Å². The van der Waals surface area contributed by atoms with Gasteiger partial charge in [-0.3, -0.25) is 0 Å². The van der Waals surface area contributed by atoms with Crippen LogP contribution in [0.4, 0.5) is 0 Å². The molecule has 0 amide bonds. The van der Waals surface area contributed by atoms with Crippen molar-refractivity contribution < 1.29 is 0 Å². The fourth-order valence-electron chi connectivity index (χ4n) is 2.08. The Morgan fingerprint density at radius 3 is 2.83 bits per heavy atom. The molecule has 1 aliphatic heterocycles. The van der Waals surface area contributed by atoms with Crippen molar-refractivity contribution in [3.63, 3.8) is 0 Å². The van der Waals surface area contributed by atoms with E-state index in [1.807, 2.05) is 0 Å². The van der Waals surface area contributed by atoms with Crippen LogP contribution >= 0.6 is 0 Å². The van der Waals surface area contributed by atoms with Gasteiger partial charge in [-0.2, -0.15) is 0 Å². The second-order valence-electron chi connectivity index (χ2n) is 4.40. The molecular weight excluding hydrogens is 146 g/mol. The predicted octanol–water partition coefficient (Wildman–Crippen LogP) is 3.10. The SMILES string of the molecule is CCCCC1(C)CCCCCN1. The van der Waals surface area contributed by atoms with Crippen LogP contribution in [0.1, 0.15) is 58.8 Å². The monoisotopic (exact) mass is 169 g/mol. The van der Waals surface area contributed by atoms with Crippen LogP contribution in [0.25, 0.3) is 0 Å². The summed E-state index contributed by atoms with van der Waals surface area (Å²) in [7, 11) is 0. The van der Waals surface area contributed by atoms with Gasteiger partial charge in [-0.1, -0.05) is 32.6 Å². The summed E-state index contributed by atoms with van der Waals surface area (Å²) in [5.74, 6) is 0. The Balaban J connectivity index is 2.32. The van der Waals surface area contributed by atoms with Crippen molar-refractivity contribution in [3.05, 3.63) is 0 Å². The molecule has 0 radical (unpaired) electrons. The molecule has 0 aromatic heterocycles. The van der Waals surface area contributed by atoms with Crippen LogP contribution in [0.5, 0.6) is 0 Å².